The van der Waals surface area contributed by atoms with Crippen LogP contribution in [0.15, 0.2) is 11.1 Å². The van der Waals surface area contributed by atoms with E-state index in [1.165, 1.54) is 22.2 Å². The first kappa shape index (κ1) is 19.1. The molecule has 2 aromatic rings. The van der Waals surface area contributed by atoms with Crippen LogP contribution in [0.1, 0.15) is 55.9 Å². The number of carbonyl (C=O) groups excluding carboxylic acids is 2. The molecule has 4 rings (SSSR count). The molecule has 2 N–H and O–H groups in total. The predicted octanol–water partition coefficient (Wildman–Crippen LogP) is 2.74. The number of rotatable bonds is 3. The molecule has 2 aliphatic rings. The fourth-order valence-corrected chi connectivity index (χ4v) is 5.57. The van der Waals surface area contributed by atoms with Gasteiger partial charge in [0.1, 0.15) is 11.4 Å². The second-order valence-electron chi connectivity index (χ2n) is 7.96. The number of nitrogens with one attached hydrogen (secondary N) is 2. The average Bonchev–Trinajstić information content (AvgIpc) is 3.05. The summed E-state index contributed by atoms with van der Waals surface area (Å²) < 4.78 is 1.30. The number of hydrogen-bond donors (Lipinski definition) is 2. The van der Waals surface area contributed by atoms with Gasteiger partial charge in [0, 0.05) is 10.9 Å². The summed E-state index contributed by atoms with van der Waals surface area (Å²) in [4.78, 5) is 43.7. The first-order valence-corrected chi connectivity index (χ1v) is 10.9. The molecule has 0 radical (unpaired) electrons. The van der Waals surface area contributed by atoms with Crippen molar-refractivity contribution in [3.05, 3.63) is 27.1 Å². The van der Waals surface area contributed by atoms with Crippen LogP contribution in [0.4, 0.5) is 4.79 Å². The first-order valence-electron chi connectivity index (χ1n) is 10.1. The van der Waals surface area contributed by atoms with Crippen molar-refractivity contribution in [2.45, 2.75) is 70.9 Å². The van der Waals surface area contributed by atoms with Crippen LogP contribution < -0.4 is 16.2 Å². The van der Waals surface area contributed by atoms with E-state index in [1.54, 1.807) is 11.3 Å². The minimum absolute atomic E-state index is 0.0969. The summed E-state index contributed by atoms with van der Waals surface area (Å²) >= 11 is 1.58. The molecule has 1 saturated carbocycles. The van der Waals surface area contributed by atoms with Gasteiger partial charge in [-0.15, -0.1) is 11.3 Å². The van der Waals surface area contributed by atoms with Gasteiger partial charge in [-0.05, 0) is 50.0 Å². The number of urea groups is 1. The molecular formula is C20H26N4O3S. The van der Waals surface area contributed by atoms with Crippen molar-refractivity contribution in [1.82, 2.24) is 20.2 Å². The van der Waals surface area contributed by atoms with E-state index in [1.807, 2.05) is 0 Å². The van der Waals surface area contributed by atoms with E-state index in [0.29, 0.717) is 11.3 Å². The van der Waals surface area contributed by atoms with Crippen molar-refractivity contribution in [3.8, 4) is 0 Å². The van der Waals surface area contributed by atoms with E-state index in [9.17, 15) is 14.4 Å². The maximum Gasteiger partial charge on any atom is 0.321 e. The maximum absolute atomic E-state index is 12.9. The zero-order chi connectivity index (χ0) is 19.7. The zero-order valence-corrected chi connectivity index (χ0v) is 16.9. The van der Waals surface area contributed by atoms with Crippen molar-refractivity contribution in [2.75, 3.05) is 0 Å². The Morgan fingerprint density at radius 1 is 1.21 bits per heavy atom. The standard InChI is InChI=1S/C20H26N4O3S/c1-12-6-2-4-8-14(12)22-20(27)23-16(25)10-24-11-21-18-17(19(24)26)13-7-3-5-9-15(13)28-18/h11-12,14H,2-10H2,1H3,(H2,22,23,25,27)/t12-,14+/m0/s1. The molecule has 0 aliphatic heterocycles. The third-order valence-corrected chi connectivity index (χ3v) is 7.14. The summed E-state index contributed by atoms with van der Waals surface area (Å²) in [6.45, 7) is 1.91. The summed E-state index contributed by atoms with van der Waals surface area (Å²) in [6.07, 6.45) is 9.82. The third-order valence-electron chi connectivity index (χ3n) is 5.94. The number of aryl methyl sites for hydroxylation is 2. The fourth-order valence-electron chi connectivity index (χ4n) is 4.35. The topological polar surface area (TPSA) is 93.1 Å². The van der Waals surface area contributed by atoms with Gasteiger partial charge in [-0.2, -0.15) is 0 Å². The van der Waals surface area contributed by atoms with Crippen molar-refractivity contribution < 1.29 is 9.59 Å². The number of thiophene rings is 1. The Bertz CT molecular complexity index is 964. The number of imide groups is 1. The average molecular weight is 403 g/mol. The van der Waals surface area contributed by atoms with Gasteiger partial charge < -0.3 is 5.32 Å². The Kier molecular flexibility index (Phi) is 5.48. The van der Waals surface area contributed by atoms with E-state index >= 15 is 0 Å². The summed E-state index contributed by atoms with van der Waals surface area (Å²) in [5.74, 6) is -0.0955. The number of aromatic nitrogens is 2. The van der Waals surface area contributed by atoms with Crippen LogP contribution in [0.25, 0.3) is 10.2 Å². The first-order chi connectivity index (χ1) is 13.5. The lowest BCUT2D eigenvalue weighted by Crippen LogP contribution is -2.48. The summed E-state index contributed by atoms with van der Waals surface area (Å²) in [6, 6.07) is -0.390. The van der Waals surface area contributed by atoms with Crippen LogP contribution in [0, 0.1) is 5.92 Å². The molecule has 0 saturated heterocycles. The quantitative estimate of drug-likeness (QED) is 0.826. The number of carbonyl (C=O) groups is 2. The maximum atomic E-state index is 12.9. The van der Waals surface area contributed by atoms with Crippen LogP contribution in [-0.2, 0) is 24.2 Å². The van der Waals surface area contributed by atoms with Crippen LogP contribution in [0.3, 0.4) is 0 Å². The molecule has 2 aliphatic carbocycles. The highest BCUT2D eigenvalue weighted by molar-refractivity contribution is 7.18. The van der Waals surface area contributed by atoms with E-state index in [-0.39, 0.29) is 18.1 Å². The molecule has 0 unspecified atom stereocenters. The Labute approximate surface area is 167 Å². The molecule has 2 atom stereocenters. The second kappa shape index (κ2) is 8.03. The van der Waals surface area contributed by atoms with E-state index in [4.69, 9.17) is 0 Å². The third kappa shape index (κ3) is 3.83. The molecule has 0 aromatic carbocycles. The van der Waals surface area contributed by atoms with E-state index in [2.05, 4.69) is 22.5 Å². The van der Waals surface area contributed by atoms with Crippen LogP contribution >= 0.6 is 11.3 Å². The molecular weight excluding hydrogens is 376 g/mol. The number of nitrogens with zero attached hydrogens (tertiary/aromatic N) is 2. The van der Waals surface area contributed by atoms with Crippen molar-refractivity contribution in [2.24, 2.45) is 5.92 Å². The minimum atomic E-state index is -0.506. The van der Waals surface area contributed by atoms with Gasteiger partial charge in [0.05, 0.1) is 11.7 Å². The number of amides is 3. The lowest BCUT2D eigenvalue weighted by molar-refractivity contribution is -0.120. The molecule has 28 heavy (non-hydrogen) atoms. The largest absolute Gasteiger partial charge is 0.335 e. The smallest absolute Gasteiger partial charge is 0.321 e. The monoisotopic (exact) mass is 402 g/mol. The van der Waals surface area contributed by atoms with Crippen LogP contribution in [0.5, 0.6) is 0 Å². The second-order valence-corrected chi connectivity index (χ2v) is 9.04. The molecule has 2 heterocycles. The fraction of sp³-hybridized carbons (Fsp3) is 0.600. The van der Waals surface area contributed by atoms with E-state index in [0.717, 1.165) is 55.3 Å². The number of fused-ring (bicyclic) bond motifs is 3. The predicted molar refractivity (Wildman–Crippen MR) is 109 cm³/mol. The van der Waals surface area contributed by atoms with Gasteiger partial charge in [0.15, 0.2) is 0 Å². The van der Waals surface area contributed by atoms with Crippen molar-refractivity contribution >= 4 is 33.5 Å². The highest BCUT2D eigenvalue weighted by Gasteiger charge is 2.24. The summed E-state index contributed by atoms with van der Waals surface area (Å²) in [7, 11) is 0. The lowest BCUT2D eigenvalue weighted by Gasteiger charge is -2.29. The molecule has 0 spiro atoms. The normalized spacial score (nSPS) is 21.9. The highest BCUT2D eigenvalue weighted by atomic mass is 32.1. The van der Waals surface area contributed by atoms with Gasteiger partial charge in [0.25, 0.3) is 5.56 Å². The highest BCUT2D eigenvalue weighted by Crippen LogP contribution is 2.33. The molecule has 2 aromatic heterocycles. The van der Waals surface area contributed by atoms with Gasteiger partial charge in [-0.25, -0.2) is 9.78 Å². The Morgan fingerprint density at radius 2 is 2.00 bits per heavy atom. The van der Waals surface area contributed by atoms with Gasteiger partial charge in [0.2, 0.25) is 5.91 Å². The van der Waals surface area contributed by atoms with Crippen molar-refractivity contribution in [1.29, 1.82) is 0 Å². The van der Waals surface area contributed by atoms with Crippen LogP contribution in [-0.4, -0.2) is 27.5 Å². The van der Waals surface area contributed by atoms with Gasteiger partial charge >= 0.3 is 6.03 Å². The molecule has 0 bridgehead atoms. The van der Waals surface area contributed by atoms with Gasteiger partial charge in [-0.1, -0.05) is 19.8 Å². The summed E-state index contributed by atoms with van der Waals surface area (Å²) in [5, 5.41) is 5.90. The van der Waals surface area contributed by atoms with Gasteiger partial charge in [-0.3, -0.25) is 19.5 Å². The Hall–Kier alpha value is -2.22. The molecule has 8 heteroatoms. The Morgan fingerprint density at radius 3 is 2.82 bits per heavy atom. The van der Waals surface area contributed by atoms with Crippen LogP contribution in [0.2, 0.25) is 0 Å². The lowest BCUT2D eigenvalue weighted by atomic mass is 9.86. The molecule has 7 nitrogen and oxygen atoms in total. The Balaban J connectivity index is 1.44. The number of hydrogen-bond acceptors (Lipinski definition) is 5. The van der Waals surface area contributed by atoms with E-state index < -0.39 is 11.9 Å². The SMILES string of the molecule is C[C@H]1CCCC[C@H]1NC(=O)NC(=O)Cn1cnc2sc3c(c2c1=O)CCCC3. The molecule has 3 amide bonds. The molecule has 150 valence electrons. The molecule has 1 fully saturated rings. The minimum Gasteiger partial charge on any atom is -0.335 e. The zero-order valence-electron chi connectivity index (χ0n) is 16.1. The van der Waals surface area contributed by atoms with Crippen molar-refractivity contribution in [3.63, 3.8) is 0 Å². The summed E-state index contributed by atoms with van der Waals surface area (Å²) in [5.41, 5.74) is 0.906.